The molecule has 0 fully saturated rings. The lowest BCUT2D eigenvalue weighted by atomic mass is 10.2. The summed E-state index contributed by atoms with van der Waals surface area (Å²) >= 11 is 0. The predicted octanol–water partition coefficient (Wildman–Crippen LogP) is 1.84. The molecule has 0 aliphatic heterocycles. The van der Waals surface area contributed by atoms with Crippen molar-refractivity contribution in [2.45, 2.75) is 0 Å². The number of aromatic nitrogens is 1. The van der Waals surface area contributed by atoms with Gasteiger partial charge in [0.05, 0.1) is 7.11 Å². The predicted molar refractivity (Wildman–Crippen MR) is 40.6 cm³/mol. The van der Waals surface area contributed by atoms with E-state index >= 15 is 0 Å². The second kappa shape index (κ2) is 2.27. The second-order valence-corrected chi connectivity index (χ2v) is 2.21. The fraction of sp³-hybridized carbons (Fsp3) is 0.125. The van der Waals surface area contributed by atoms with E-state index in [-0.39, 0.29) is 0 Å². The first-order valence-corrected chi connectivity index (χ1v) is 3.29. The van der Waals surface area contributed by atoms with Crippen LogP contribution in [-0.4, -0.2) is 12.3 Å². The summed E-state index contributed by atoms with van der Waals surface area (Å²) in [4.78, 5) is 0. The average molecular weight is 149 g/mol. The van der Waals surface area contributed by atoms with Crippen LogP contribution in [0.3, 0.4) is 0 Å². The van der Waals surface area contributed by atoms with E-state index in [0.717, 1.165) is 16.7 Å². The summed E-state index contributed by atoms with van der Waals surface area (Å²) in [7, 11) is 1.61. The zero-order chi connectivity index (χ0) is 7.68. The standard InChI is InChI=1S/C8H7NO2/c1-10-7-4-2-3-6-5-11-9-8(6)7/h2-5H,1H3. The molecule has 56 valence electrons. The van der Waals surface area contributed by atoms with Gasteiger partial charge in [-0.1, -0.05) is 11.2 Å². The number of hydrogen-bond donors (Lipinski definition) is 0. The Kier molecular flexibility index (Phi) is 1.28. The molecule has 1 heterocycles. The van der Waals surface area contributed by atoms with Crippen molar-refractivity contribution >= 4 is 10.9 Å². The first-order valence-electron chi connectivity index (χ1n) is 3.29. The minimum Gasteiger partial charge on any atom is -0.494 e. The Morgan fingerprint density at radius 2 is 2.36 bits per heavy atom. The first-order chi connectivity index (χ1) is 5.42. The van der Waals surface area contributed by atoms with Gasteiger partial charge in [-0.05, 0) is 12.1 Å². The third kappa shape index (κ3) is 0.852. The van der Waals surface area contributed by atoms with E-state index in [0.29, 0.717) is 0 Å². The lowest BCUT2D eigenvalue weighted by molar-refractivity contribution is 0.404. The quantitative estimate of drug-likeness (QED) is 0.620. The molecule has 0 atom stereocenters. The molecule has 3 nitrogen and oxygen atoms in total. The van der Waals surface area contributed by atoms with Crippen LogP contribution in [0.4, 0.5) is 0 Å². The van der Waals surface area contributed by atoms with Crippen LogP contribution in [0.15, 0.2) is 29.0 Å². The maximum atomic E-state index is 5.06. The molecule has 3 heteroatoms. The minimum absolute atomic E-state index is 0.747. The van der Waals surface area contributed by atoms with E-state index in [4.69, 9.17) is 9.26 Å². The lowest BCUT2D eigenvalue weighted by Gasteiger charge is -1.96. The van der Waals surface area contributed by atoms with Crippen LogP contribution in [0.25, 0.3) is 10.9 Å². The van der Waals surface area contributed by atoms with Crippen LogP contribution in [0.2, 0.25) is 0 Å². The third-order valence-corrected chi connectivity index (χ3v) is 1.57. The first kappa shape index (κ1) is 6.22. The van der Waals surface area contributed by atoms with E-state index in [1.807, 2.05) is 18.2 Å². The molecule has 2 rings (SSSR count). The van der Waals surface area contributed by atoms with Gasteiger partial charge in [-0.2, -0.15) is 0 Å². The molecule has 0 aliphatic rings. The molecule has 0 bridgehead atoms. The van der Waals surface area contributed by atoms with Gasteiger partial charge in [0.2, 0.25) is 0 Å². The van der Waals surface area contributed by atoms with E-state index in [1.165, 1.54) is 0 Å². The van der Waals surface area contributed by atoms with Crippen LogP contribution in [0.1, 0.15) is 0 Å². The van der Waals surface area contributed by atoms with E-state index in [2.05, 4.69) is 5.16 Å². The average Bonchev–Trinajstić information content (AvgIpc) is 2.50. The molecule has 0 amide bonds. The molecule has 2 aromatic rings. The number of fused-ring (bicyclic) bond motifs is 1. The Morgan fingerprint density at radius 3 is 3.18 bits per heavy atom. The molecular weight excluding hydrogens is 142 g/mol. The number of hydrogen-bond acceptors (Lipinski definition) is 3. The van der Waals surface area contributed by atoms with Gasteiger partial charge in [-0.25, -0.2) is 0 Å². The zero-order valence-electron chi connectivity index (χ0n) is 6.07. The normalized spacial score (nSPS) is 10.3. The van der Waals surface area contributed by atoms with Gasteiger partial charge in [-0.3, -0.25) is 0 Å². The van der Waals surface area contributed by atoms with E-state index in [1.54, 1.807) is 13.4 Å². The Hall–Kier alpha value is -1.51. The van der Waals surface area contributed by atoms with Gasteiger partial charge in [-0.15, -0.1) is 0 Å². The monoisotopic (exact) mass is 149 g/mol. The summed E-state index contributed by atoms with van der Waals surface area (Å²) in [5.41, 5.74) is 0.773. The molecule has 0 N–H and O–H groups in total. The van der Waals surface area contributed by atoms with Gasteiger partial charge < -0.3 is 9.26 Å². The summed E-state index contributed by atoms with van der Waals surface area (Å²) in [5, 5.41) is 4.75. The molecule has 1 aromatic carbocycles. The van der Waals surface area contributed by atoms with Crippen molar-refractivity contribution in [3.8, 4) is 5.75 Å². The Morgan fingerprint density at radius 1 is 1.45 bits per heavy atom. The largest absolute Gasteiger partial charge is 0.494 e. The van der Waals surface area contributed by atoms with Crippen molar-refractivity contribution in [2.24, 2.45) is 0 Å². The number of ether oxygens (including phenoxy) is 1. The fourth-order valence-electron chi connectivity index (χ4n) is 1.03. The highest BCUT2D eigenvalue weighted by Crippen LogP contribution is 2.22. The molecular formula is C8H7NO2. The van der Waals surface area contributed by atoms with Crippen LogP contribution in [0.5, 0.6) is 5.75 Å². The topological polar surface area (TPSA) is 35.3 Å². The molecule has 0 saturated carbocycles. The van der Waals surface area contributed by atoms with E-state index in [9.17, 15) is 0 Å². The molecule has 0 saturated heterocycles. The van der Waals surface area contributed by atoms with Crippen molar-refractivity contribution in [1.29, 1.82) is 0 Å². The van der Waals surface area contributed by atoms with Crippen LogP contribution in [-0.2, 0) is 0 Å². The van der Waals surface area contributed by atoms with Crippen molar-refractivity contribution < 1.29 is 9.26 Å². The maximum Gasteiger partial charge on any atom is 0.155 e. The van der Waals surface area contributed by atoms with Crippen molar-refractivity contribution in [3.05, 3.63) is 24.5 Å². The van der Waals surface area contributed by atoms with Crippen LogP contribution >= 0.6 is 0 Å². The fourth-order valence-corrected chi connectivity index (χ4v) is 1.03. The molecule has 0 aliphatic carbocycles. The van der Waals surface area contributed by atoms with Crippen molar-refractivity contribution in [1.82, 2.24) is 5.16 Å². The van der Waals surface area contributed by atoms with Gasteiger partial charge in [0.1, 0.15) is 12.0 Å². The number of benzene rings is 1. The van der Waals surface area contributed by atoms with Gasteiger partial charge >= 0.3 is 0 Å². The minimum atomic E-state index is 0.747. The van der Waals surface area contributed by atoms with Crippen molar-refractivity contribution in [3.63, 3.8) is 0 Å². The van der Waals surface area contributed by atoms with Crippen molar-refractivity contribution in [2.75, 3.05) is 7.11 Å². The van der Waals surface area contributed by atoms with Crippen LogP contribution in [0, 0.1) is 0 Å². The summed E-state index contributed by atoms with van der Waals surface area (Å²) in [6, 6.07) is 5.68. The summed E-state index contributed by atoms with van der Waals surface area (Å²) in [6.07, 6.45) is 1.60. The second-order valence-electron chi connectivity index (χ2n) is 2.21. The molecule has 0 unspecified atom stereocenters. The molecule has 0 radical (unpaired) electrons. The summed E-state index contributed by atoms with van der Waals surface area (Å²) in [5.74, 6) is 0.747. The molecule has 0 spiro atoms. The highest BCUT2D eigenvalue weighted by atomic mass is 16.5. The highest BCUT2D eigenvalue weighted by Gasteiger charge is 2.02. The molecule has 1 aromatic heterocycles. The van der Waals surface area contributed by atoms with Gasteiger partial charge in [0.15, 0.2) is 5.52 Å². The lowest BCUT2D eigenvalue weighted by Crippen LogP contribution is -1.82. The zero-order valence-corrected chi connectivity index (χ0v) is 6.07. The van der Waals surface area contributed by atoms with Gasteiger partial charge in [0, 0.05) is 5.39 Å². The Balaban J connectivity index is 2.79. The smallest absolute Gasteiger partial charge is 0.155 e. The van der Waals surface area contributed by atoms with Crippen LogP contribution < -0.4 is 4.74 Å². The van der Waals surface area contributed by atoms with E-state index < -0.39 is 0 Å². The number of methoxy groups -OCH3 is 1. The Labute approximate surface area is 63.6 Å². The van der Waals surface area contributed by atoms with Gasteiger partial charge in [0.25, 0.3) is 0 Å². The summed E-state index contributed by atoms with van der Waals surface area (Å²) in [6.45, 7) is 0. The molecule has 11 heavy (non-hydrogen) atoms. The SMILES string of the molecule is COc1cccc2conc12. The third-order valence-electron chi connectivity index (χ3n) is 1.57. The summed E-state index contributed by atoms with van der Waals surface area (Å²) < 4.78 is 9.84. The number of rotatable bonds is 1. The Bertz CT molecular complexity index is 367. The maximum absolute atomic E-state index is 5.06. The highest BCUT2D eigenvalue weighted by molar-refractivity contribution is 5.83. The number of nitrogens with zero attached hydrogens (tertiary/aromatic N) is 1.